The summed E-state index contributed by atoms with van der Waals surface area (Å²) < 4.78 is 10.8. The zero-order chi connectivity index (χ0) is 16.9. The van der Waals surface area contributed by atoms with Crippen LogP contribution in [0.3, 0.4) is 0 Å². The molecule has 3 rings (SSSR count). The molecule has 0 unspecified atom stereocenters. The molecule has 1 amide bonds. The number of hydrogen-bond donors (Lipinski definition) is 0. The predicted octanol–water partition coefficient (Wildman–Crippen LogP) is 1.40. The van der Waals surface area contributed by atoms with Gasteiger partial charge in [0.25, 0.3) is 0 Å². The largest absolute Gasteiger partial charge is 0.481 e. The molecule has 1 aromatic rings. The highest BCUT2D eigenvalue weighted by Gasteiger charge is 2.24. The Morgan fingerprint density at radius 3 is 2.79 bits per heavy atom. The summed E-state index contributed by atoms with van der Waals surface area (Å²) in [6.07, 6.45) is 3.92. The van der Waals surface area contributed by atoms with Crippen molar-refractivity contribution in [2.24, 2.45) is 0 Å². The Bertz CT molecular complexity index is 567. The Morgan fingerprint density at radius 1 is 1.33 bits per heavy atom. The van der Waals surface area contributed by atoms with Gasteiger partial charge in [-0.15, -0.1) is 0 Å². The van der Waals surface area contributed by atoms with E-state index >= 15 is 0 Å². The molecule has 0 saturated carbocycles. The van der Waals surface area contributed by atoms with Gasteiger partial charge in [0.2, 0.25) is 17.7 Å². The quantitative estimate of drug-likeness (QED) is 0.811. The molecule has 0 N–H and O–H groups in total. The second-order valence-electron chi connectivity index (χ2n) is 6.39. The Balaban J connectivity index is 1.49. The first-order valence-corrected chi connectivity index (χ1v) is 8.69. The molecule has 1 atom stereocenters. The predicted molar refractivity (Wildman–Crippen MR) is 90.3 cm³/mol. The maximum Gasteiger partial charge on any atom is 0.228 e. The molecule has 3 heterocycles. The number of ether oxygens (including phenoxy) is 2. The lowest BCUT2D eigenvalue weighted by Crippen LogP contribution is -2.49. The molecular formula is C17H26N4O3. The summed E-state index contributed by atoms with van der Waals surface area (Å²) in [5.74, 6) is 1.48. The topological polar surface area (TPSA) is 67.8 Å². The van der Waals surface area contributed by atoms with Crippen LogP contribution in [0.15, 0.2) is 6.07 Å². The zero-order valence-electron chi connectivity index (χ0n) is 14.5. The van der Waals surface area contributed by atoms with Crippen molar-refractivity contribution in [2.45, 2.75) is 38.7 Å². The van der Waals surface area contributed by atoms with Crippen molar-refractivity contribution in [3.8, 4) is 5.88 Å². The molecule has 2 aliphatic rings. The third kappa shape index (κ3) is 4.14. The van der Waals surface area contributed by atoms with Gasteiger partial charge in [0, 0.05) is 51.0 Å². The highest BCUT2D eigenvalue weighted by Crippen LogP contribution is 2.19. The van der Waals surface area contributed by atoms with E-state index in [9.17, 15) is 4.79 Å². The molecule has 1 aromatic heterocycles. The van der Waals surface area contributed by atoms with Crippen molar-refractivity contribution in [3.63, 3.8) is 0 Å². The number of piperazine rings is 1. The van der Waals surface area contributed by atoms with Crippen LogP contribution in [-0.4, -0.2) is 66.8 Å². The number of amides is 1. The molecule has 0 aromatic carbocycles. The van der Waals surface area contributed by atoms with Crippen molar-refractivity contribution in [1.29, 1.82) is 0 Å². The van der Waals surface area contributed by atoms with E-state index in [2.05, 4.69) is 14.9 Å². The van der Waals surface area contributed by atoms with Gasteiger partial charge >= 0.3 is 0 Å². The SMILES string of the molecule is COc1cc(C)nc(N2CCN(C(=O)CC[C@@H]3CCCO3)CC2)n1. The minimum atomic E-state index is 0.230. The lowest BCUT2D eigenvalue weighted by Gasteiger charge is -2.35. The average Bonchev–Trinajstić information content (AvgIpc) is 3.12. The highest BCUT2D eigenvalue weighted by molar-refractivity contribution is 5.76. The first-order chi connectivity index (χ1) is 11.7. The number of rotatable bonds is 5. The average molecular weight is 334 g/mol. The number of carbonyl (C=O) groups is 1. The minimum absolute atomic E-state index is 0.230. The van der Waals surface area contributed by atoms with Gasteiger partial charge in [-0.05, 0) is 26.2 Å². The monoisotopic (exact) mass is 334 g/mol. The van der Waals surface area contributed by atoms with Crippen LogP contribution in [-0.2, 0) is 9.53 Å². The van der Waals surface area contributed by atoms with Crippen molar-refractivity contribution < 1.29 is 14.3 Å². The molecule has 2 aliphatic heterocycles. The summed E-state index contributed by atoms with van der Waals surface area (Å²) in [6.45, 7) is 5.69. The number of aromatic nitrogens is 2. The van der Waals surface area contributed by atoms with E-state index in [1.807, 2.05) is 17.9 Å². The fourth-order valence-electron chi connectivity index (χ4n) is 3.24. The molecule has 0 aliphatic carbocycles. The third-order valence-electron chi connectivity index (χ3n) is 4.65. The fourth-order valence-corrected chi connectivity index (χ4v) is 3.24. The second kappa shape index (κ2) is 7.79. The van der Waals surface area contributed by atoms with E-state index in [0.717, 1.165) is 44.7 Å². The summed E-state index contributed by atoms with van der Waals surface area (Å²) in [4.78, 5) is 25.3. The number of nitrogens with zero attached hydrogens (tertiary/aromatic N) is 4. The fraction of sp³-hybridized carbons (Fsp3) is 0.706. The summed E-state index contributed by atoms with van der Waals surface area (Å²) in [6, 6.07) is 1.81. The summed E-state index contributed by atoms with van der Waals surface area (Å²) in [7, 11) is 1.61. The third-order valence-corrected chi connectivity index (χ3v) is 4.65. The molecule has 0 bridgehead atoms. The van der Waals surface area contributed by atoms with Crippen molar-refractivity contribution in [1.82, 2.24) is 14.9 Å². The van der Waals surface area contributed by atoms with Crippen LogP contribution in [0.4, 0.5) is 5.95 Å². The van der Waals surface area contributed by atoms with Gasteiger partial charge in [0.05, 0.1) is 13.2 Å². The molecule has 7 nitrogen and oxygen atoms in total. The lowest BCUT2D eigenvalue weighted by molar-refractivity contribution is -0.132. The van der Waals surface area contributed by atoms with Crippen LogP contribution in [0.1, 0.15) is 31.4 Å². The molecular weight excluding hydrogens is 308 g/mol. The van der Waals surface area contributed by atoms with Gasteiger partial charge in [-0.25, -0.2) is 4.98 Å². The van der Waals surface area contributed by atoms with Crippen LogP contribution < -0.4 is 9.64 Å². The van der Waals surface area contributed by atoms with Crippen molar-refractivity contribution in [2.75, 3.05) is 44.8 Å². The first kappa shape index (κ1) is 17.0. The second-order valence-corrected chi connectivity index (χ2v) is 6.39. The standard InChI is InChI=1S/C17H26N4O3/c1-13-12-15(23-2)19-17(18-13)21-9-7-20(8-10-21)16(22)6-5-14-4-3-11-24-14/h12,14H,3-11H2,1-2H3/t14-/m0/s1. The zero-order valence-corrected chi connectivity index (χ0v) is 14.5. The number of hydrogen-bond acceptors (Lipinski definition) is 6. The summed E-state index contributed by atoms with van der Waals surface area (Å²) in [5, 5.41) is 0. The Morgan fingerprint density at radius 2 is 2.12 bits per heavy atom. The van der Waals surface area contributed by atoms with Crippen LogP contribution in [0.25, 0.3) is 0 Å². The van der Waals surface area contributed by atoms with E-state index in [1.165, 1.54) is 0 Å². The molecule has 0 spiro atoms. The normalized spacial score (nSPS) is 21.2. The highest BCUT2D eigenvalue weighted by atomic mass is 16.5. The van der Waals surface area contributed by atoms with Crippen molar-refractivity contribution in [3.05, 3.63) is 11.8 Å². The van der Waals surface area contributed by atoms with E-state index in [0.29, 0.717) is 31.3 Å². The van der Waals surface area contributed by atoms with Gasteiger partial charge in [-0.2, -0.15) is 4.98 Å². The number of anilines is 1. The smallest absolute Gasteiger partial charge is 0.228 e. The van der Waals surface area contributed by atoms with Gasteiger partial charge in [0.15, 0.2) is 0 Å². The molecule has 2 saturated heterocycles. The van der Waals surface area contributed by atoms with Gasteiger partial charge < -0.3 is 19.3 Å². The maximum atomic E-state index is 12.4. The van der Waals surface area contributed by atoms with E-state index in [1.54, 1.807) is 7.11 Å². The van der Waals surface area contributed by atoms with Gasteiger partial charge in [0.1, 0.15) is 0 Å². The maximum absolute atomic E-state index is 12.4. The molecule has 24 heavy (non-hydrogen) atoms. The number of aryl methyl sites for hydroxylation is 1. The molecule has 132 valence electrons. The molecule has 7 heteroatoms. The first-order valence-electron chi connectivity index (χ1n) is 8.69. The van der Waals surface area contributed by atoms with Crippen LogP contribution in [0, 0.1) is 6.92 Å². The number of methoxy groups -OCH3 is 1. The van der Waals surface area contributed by atoms with E-state index in [-0.39, 0.29) is 12.0 Å². The minimum Gasteiger partial charge on any atom is -0.481 e. The Labute approximate surface area is 143 Å². The number of carbonyl (C=O) groups excluding carboxylic acids is 1. The van der Waals surface area contributed by atoms with E-state index < -0.39 is 0 Å². The lowest BCUT2D eigenvalue weighted by atomic mass is 10.1. The molecule has 2 fully saturated rings. The molecule has 0 radical (unpaired) electrons. The van der Waals surface area contributed by atoms with Gasteiger partial charge in [-0.3, -0.25) is 4.79 Å². The van der Waals surface area contributed by atoms with Gasteiger partial charge in [-0.1, -0.05) is 0 Å². The van der Waals surface area contributed by atoms with Crippen molar-refractivity contribution >= 4 is 11.9 Å². The summed E-state index contributed by atoms with van der Waals surface area (Å²) >= 11 is 0. The van der Waals surface area contributed by atoms with E-state index in [4.69, 9.17) is 9.47 Å². The summed E-state index contributed by atoms with van der Waals surface area (Å²) in [5.41, 5.74) is 0.881. The van der Waals surface area contributed by atoms with Crippen LogP contribution in [0.5, 0.6) is 5.88 Å². The Hall–Kier alpha value is -1.89. The Kier molecular flexibility index (Phi) is 5.50. The van der Waals surface area contributed by atoms with Crippen LogP contribution >= 0.6 is 0 Å². The van der Waals surface area contributed by atoms with Crippen LogP contribution in [0.2, 0.25) is 0 Å².